The molecule has 0 aliphatic carbocycles. The number of hydrogen-bond acceptors (Lipinski definition) is 3. The van der Waals surface area contributed by atoms with Gasteiger partial charge in [-0.05, 0) is 28.1 Å². The van der Waals surface area contributed by atoms with Gasteiger partial charge in [-0.15, -0.1) is 11.3 Å². The van der Waals surface area contributed by atoms with Crippen LogP contribution in [0.1, 0.15) is 9.67 Å². The van der Waals surface area contributed by atoms with E-state index >= 15 is 0 Å². The number of nitrogens with zero attached hydrogens (tertiary/aromatic N) is 1. The molecular weight excluding hydrogens is 252 g/mol. The Hall–Kier alpha value is -0.390. The van der Waals surface area contributed by atoms with Crippen LogP contribution in [0.2, 0.25) is 0 Å². The first-order valence-corrected chi connectivity index (χ1v) is 5.58. The van der Waals surface area contributed by atoms with Crippen LogP contribution in [0.25, 0.3) is 0 Å². The maximum atomic E-state index is 11.6. The van der Waals surface area contributed by atoms with Gasteiger partial charge in [0, 0.05) is 19.1 Å². The van der Waals surface area contributed by atoms with Crippen molar-refractivity contribution in [3.63, 3.8) is 0 Å². The number of carbonyl (C=O) groups is 1. The van der Waals surface area contributed by atoms with Gasteiger partial charge in [-0.3, -0.25) is 4.79 Å². The molecule has 0 atom stereocenters. The highest BCUT2D eigenvalue weighted by atomic mass is 79.9. The first kappa shape index (κ1) is 9.18. The van der Waals surface area contributed by atoms with Crippen molar-refractivity contribution in [3.05, 3.63) is 20.8 Å². The normalized spacial score (nSPS) is 17.2. The lowest BCUT2D eigenvalue weighted by Gasteiger charge is -2.36. The van der Waals surface area contributed by atoms with Gasteiger partial charge in [0.15, 0.2) is 0 Å². The minimum atomic E-state index is 0.0948. The van der Waals surface area contributed by atoms with E-state index in [2.05, 4.69) is 15.9 Å². The summed E-state index contributed by atoms with van der Waals surface area (Å²) in [5.41, 5.74) is 5.59. The van der Waals surface area contributed by atoms with Gasteiger partial charge in [-0.1, -0.05) is 0 Å². The topological polar surface area (TPSA) is 46.3 Å². The van der Waals surface area contributed by atoms with Crippen LogP contribution in [0.4, 0.5) is 0 Å². The summed E-state index contributed by atoms with van der Waals surface area (Å²) in [4.78, 5) is 14.2. The zero-order valence-electron chi connectivity index (χ0n) is 6.87. The second kappa shape index (κ2) is 3.40. The monoisotopic (exact) mass is 260 g/mol. The molecule has 0 aromatic carbocycles. The molecule has 2 rings (SSSR count). The number of hydrogen-bond donors (Lipinski definition) is 1. The quantitative estimate of drug-likeness (QED) is 0.828. The minimum Gasteiger partial charge on any atom is -0.335 e. The molecule has 0 unspecified atom stereocenters. The third kappa shape index (κ3) is 1.77. The van der Waals surface area contributed by atoms with Crippen LogP contribution in [0.15, 0.2) is 15.9 Å². The summed E-state index contributed by atoms with van der Waals surface area (Å²) in [5.74, 6) is 0.0948. The predicted octanol–water partition coefficient (Wildman–Crippen LogP) is 1.29. The summed E-state index contributed by atoms with van der Waals surface area (Å²) >= 11 is 4.78. The second-order valence-corrected chi connectivity index (χ2v) is 5.54. The highest BCUT2D eigenvalue weighted by Crippen LogP contribution is 2.24. The van der Waals surface area contributed by atoms with Crippen LogP contribution >= 0.6 is 27.3 Å². The van der Waals surface area contributed by atoms with Crippen molar-refractivity contribution < 1.29 is 4.79 Å². The minimum absolute atomic E-state index is 0.0948. The molecule has 1 amide bonds. The lowest BCUT2D eigenvalue weighted by Crippen LogP contribution is -2.57. The van der Waals surface area contributed by atoms with Crippen LogP contribution in [0, 0.1) is 0 Å². The van der Waals surface area contributed by atoms with Crippen molar-refractivity contribution >= 4 is 33.2 Å². The van der Waals surface area contributed by atoms with Gasteiger partial charge >= 0.3 is 0 Å². The Labute approximate surface area is 88.7 Å². The van der Waals surface area contributed by atoms with Crippen molar-refractivity contribution in [1.82, 2.24) is 4.90 Å². The highest BCUT2D eigenvalue weighted by molar-refractivity contribution is 9.11. The fourth-order valence-electron chi connectivity index (χ4n) is 1.26. The van der Waals surface area contributed by atoms with Gasteiger partial charge < -0.3 is 10.6 Å². The molecule has 1 aliphatic heterocycles. The number of carbonyl (C=O) groups excluding carboxylic acids is 1. The van der Waals surface area contributed by atoms with Crippen molar-refractivity contribution in [2.75, 3.05) is 13.1 Å². The van der Waals surface area contributed by atoms with Crippen molar-refractivity contribution in [1.29, 1.82) is 0 Å². The first-order chi connectivity index (χ1) is 6.16. The SMILES string of the molecule is NC1CN(C(=O)c2ccc(Br)s2)C1. The van der Waals surface area contributed by atoms with E-state index in [0.717, 1.165) is 8.66 Å². The van der Waals surface area contributed by atoms with E-state index in [0.29, 0.717) is 13.1 Å². The first-order valence-electron chi connectivity index (χ1n) is 3.97. The molecule has 1 fully saturated rings. The molecule has 2 heterocycles. The molecular formula is C8H9BrN2OS. The van der Waals surface area contributed by atoms with Crippen LogP contribution in [-0.4, -0.2) is 29.9 Å². The summed E-state index contributed by atoms with van der Waals surface area (Å²) in [5, 5.41) is 0. The molecule has 3 nitrogen and oxygen atoms in total. The van der Waals surface area contributed by atoms with Crippen LogP contribution < -0.4 is 5.73 Å². The van der Waals surface area contributed by atoms with E-state index in [9.17, 15) is 4.79 Å². The number of likely N-dealkylation sites (tertiary alicyclic amines) is 1. The Kier molecular flexibility index (Phi) is 2.40. The largest absolute Gasteiger partial charge is 0.335 e. The molecule has 2 N–H and O–H groups in total. The number of amides is 1. The molecule has 1 aliphatic rings. The highest BCUT2D eigenvalue weighted by Gasteiger charge is 2.28. The van der Waals surface area contributed by atoms with Crippen LogP contribution in [0.3, 0.4) is 0 Å². The van der Waals surface area contributed by atoms with Gasteiger partial charge in [-0.25, -0.2) is 0 Å². The molecule has 1 aromatic rings. The van der Waals surface area contributed by atoms with Gasteiger partial charge in [0.05, 0.1) is 8.66 Å². The van der Waals surface area contributed by atoms with Gasteiger partial charge in [0.2, 0.25) is 0 Å². The van der Waals surface area contributed by atoms with E-state index in [-0.39, 0.29) is 11.9 Å². The Morgan fingerprint density at radius 3 is 2.77 bits per heavy atom. The van der Waals surface area contributed by atoms with E-state index in [1.165, 1.54) is 11.3 Å². The number of thiophene rings is 1. The Balaban J connectivity index is 2.06. The smallest absolute Gasteiger partial charge is 0.264 e. The van der Waals surface area contributed by atoms with Crippen molar-refractivity contribution in [2.24, 2.45) is 5.73 Å². The zero-order valence-corrected chi connectivity index (χ0v) is 9.27. The summed E-state index contributed by atoms with van der Waals surface area (Å²) in [7, 11) is 0. The summed E-state index contributed by atoms with van der Waals surface area (Å²) in [6.45, 7) is 1.38. The number of rotatable bonds is 1. The maximum absolute atomic E-state index is 11.6. The number of nitrogens with two attached hydrogens (primary N) is 1. The summed E-state index contributed by atoms with van der Waals surface area (Å²) in [6, 6.07) is 3.89. The molecule has 1 saturated heterocycles. The fourth-order valence-corrected chi connectivity index (χ4v) is 2.62. The lowest BCUT2D eigenvalue weighted by atomic mass is 10.1. The van der Waals surface area contributed by atoms with Crippen molar-refractivity contribution in [3.8, 4) is 0 Å². The predicted molar refractivity (Wildman–Crippen MR) is 55.9 cm³/mol. The average Bonchev–Trinajstić information content (AvgIpc) is 2.45. The maximum Gasteiger partial charge on any atom is 0.264 e. The number of halogens is 1. The van der Waals surface area contributed by atoms with Gasteiger partial charge in [0.1, 0.15) is 0 Å². The van der Waals surface area contributed by atoms with Crippen molar-refractivity contribution in [2.45, 2.75) is 6.04 Å². The van der Waals surface area contributed by atoms with E-state index < -0.39 is 0 Å². The molecule has 0 spiro atoms. The van der Waals surface area contributed by atoms with E-state index in [1.807, 2.05) is 12.1 Å². The van der Waals surface area contributed by atoms with Gasteiger partial charge in [-0.2, -0.15) is 0 Å². The molecule has 1 aromatic heterocycles. The third-order valence-electron chi connectivity index (χ3n) is 1.98. The van der Waals surface area contributed by atoms with E-state index in [1.54, 1.807) is 4.90 Å². The average molecular weight is 261 g/mol. The molecule has 13 heavy (non-hydrogen) atoms. The molecule has 0 bridgehead atoms. The molecule has 0 saturated carbocycles. The Morgan fingerprint density at radius 2 is 2.31 bits per heavy atom. The Bertz CT molecular complexity index is 333. The second-order valence-electron chi connectivity index (χ2n) is 3.07. The zero-order chi connectivity index (χ0) is 9.42. The third-order valence-corrected chi connectivity index (χ3v) is 3.59. The van der Waals surface area contributed by atoms with Crippen LogP contribution in [0.5, 0.6) is 0 Å². The fraction of sp³-hybridized carbons (Fsp3) is 0.375. The van der Waals surface area contributed by atoms with E-state index in [4.69, 9.17) is 5.73 Å². The molecule has 5 heteroatoms. The molecule has 70 valence electrons. The summed E-state index contributed by atoms with van der Waals surface area (Å²) in [6.07, 6.45) is 0. The Morgan fingerprint density at radius 1 is 1.62 bits per heavy atom. The summed E-state index contributed by atoms with van der Waals surface area (Å²) < 4.78 is 0.987. The van der Waals surface area contributed by atoms with Crippen LogP contribution in [-0.2, 0) is 0 Å². The lowest BCUT2D eigenvalue weighted by molar-refractivity contribution is 0.0613. The van der Waals surface area contributed by atoms with Gasteiger partial charge in [0.25, 0.3) is 5.91 Å². The standard InChI is InChI=1S/C8H9BrN2OS/c9-7-2-1-6(13-7)8(12)11-3-5(10)4-11/h1-2,5H,3-4,10H2. The molecule has 0 radical (unpaired) electrons.